The average molecular weight is 292 g/mol. The molecule has 1 N–H and O–H groups in total. The van der Waals surface area contributed by atoms with Crippen molar-refractivity contribution in [2.75, 3.05) is 25.5 Å². The van der Waals surface area contributed by atoms with E-state index in [1.165, 1.54) is 0 Å². The molecule has 0 spiro atoms. The first kappa shape index (κ1) is 17.4. The summed E-state index contributed by atoms with van der Waals surface area (Å²) in [5.41, 5.74) is 0.418. The van der Waals surface area contributed by atoms with Gasteiger partial charge in [0.2, 0.25) is 0 Å². The van der Waals surface area contributed by atoms with Crippen LogP contribution in [0.15, 0.2) is 12.4 Å². The number of nitrogens with one attached hydrogen (secondary N) is 1. The SMILES string of the molecule is CNc1cnc(C(=O)N(CCC(C)C)CCC(C)C)cn1. The first-order chi connectivity index (χ1) is 9.93. The molecule has 0 radical (unpaired) electrons. The molecule has 0 fully saturated rings. The molecule has 0 unspecified atom stereocenters. The van der Waals surface area contributed by atoms with Crippen molar-refractivity contribution in [3.05, 3.63) is 18.1 Å². The number of hydrogen-bond donors (Lipinski definition) is 1. The summed E-state index contributed by atoms with van der Waals surface area (Å²) in [6.45, 7) is 10.2. The molecule has 0 atom stereocenters. The van der Waals surface area contributed by atoms with Crippen molar-refractivity contribution in [1.82, 2.24) is 14.9 Å². The van der Waals surface area contributed by atoms with Crippen molar-refractivity contribution in [3.8, 4) is 0 Å². The zero-order valence-corrected chi connectivity index (χ0v) is 13.9. The van der Waals surface area contributed by atoms with Gasteiger partial charge in [-0.3, -0.25) is 4.79 Å². The lowest BCUT2D eigenvalue weighted by Crippen LogP contribution is -2.34. The van der Waals surface area contributed by atoms with Gasteiger partial charge in [-0.2, -0.15) is 0 Å². The number of nitrogens with zero attached hydrogens (tertiary/aromatic N) is 3. The fourth-order valence-corrected chi connectivity index (χ4v) is 1.87. The lowest BCUT2D eigenvalue weighted by Gasteiger charge is -2.24. The Labute approximate surface area is 128 Å². The minimum atomic E-state index is -0.0218. The largest absolute Gasteiger partial charge is 0.372 e. The standard InChI is InChI=1S/C16H28N4O/c1-12(2)6-8-20(9-7-13(3)4)16(21)14-10-19-15(17-5)11-18-14/h10-13H,6-9H2,1-5H3,(H,17,19). The number of aromatic nitrogens is 2. The van der Waals surface area contributed by atoms with E-state index in [-0.39, 0.29) is 5.91 Å². The molecule has 0 aliphatic rings. The predicted molar refractivity (Wildman–Crippen MR) is 86.4 cm³/mol. The number of carbonyl (C=O) groups excluding carboxylic acids is 1. The van der Waals surface area contributed by atoms with E-state index in [1.807, 2.05) is 4.90 Å². The molecule has 0 saturated carbocycles. The lowest BCUT2D eigenvalue weighted by atomic mass is 10.1. The summed E-state index contributed by atoms with van der Waals surface area (Å²) in [6, 6.07) is 0. The topological polar surface area (TPSA) is 58.1 Å². The Balaban J connectivity index is 2.75. The number of carbonyl (C=O) groups is 1. The van der Waals surface area contributed by atoms with Gasteiger partial charge in [0.1, 0.15) is 11.5 Å². The second kappa shape index (κ2) is 8.60. The smallest absolute Gasteiger partial charge is 0.274 e. The molecule has 5 nitrogen and oxygen atoms in total. The number of amides is 1. The van der Waals surface area contributed by atoms with Gasteiger partial charge in [0.25, 0.3) is 5.91 Å². The molecule has 0 aliphatic carbocycles. The van der Waals surface area contributed by atoms with E-state index in [0.717, 1.165) is 25.9 Å². The zero-order chi connectivity index (χ0) is 15.8. The zero-order valence-electron chi connectivity index (χ0n) is 13.9. The molecule has 0 aromatic carbocycles. The summed E-state index contributed by atoms with van der Waals surface area (Å²) in [5, 5.41) is 2.90. The minimum Gasteiger partial charge on any atom is -0.372 e. The van der Waals surface area contributed by atoms with Gasteiger partial charge in [0, 0.05) is 20.1 Å². The maximum absolute atomic E-state index is 12.6. The molecular formula is C16H28N4O. The summed E-state index contributed by atoms with van der Waals surface area (Å²) >= 11 is 0. The maximum Gasteiger partial charge on any atom is 0.274 e. The molecule has 1 rings (SSSR count). The molecule has 1 amide bonds. The highest BCUT2D eigenvalue weighted by molar-refractivity contribution is 5.92. The number of anilines is 1. The van der Waals surface area contributed by atoms with Gasteiger partial charge in [-0.15, -0.1) is 0 Å². The van der Waals surface area contributed by atoms with Crippen LogP contribution in [0.1, 0.15) is 51.0 Å². The van der Waals surface area contributed by atoms with Crippen molar-refractivity contribution in [1.29, 1.82) is 0 Å². The summed E-state index contributed by atoms with van der Waals surface area (Å²) < 4.78 is 0. The van der Waals surface area contributed by atoms with E-state index < -0.39 is 0 Å². The quantitative estimate of drug-likeness (QED) is 0.800. The highest BCUT2D eigenvalue weighted by Gasteiger charge is 2.18. The summed E-state index contributed by atoms with van der Waals surface area (Å²) in [5.74, 6) is 1.81. The Morgan fingerprint density at radius 2 is 1.67 bits per heavy atom. The fourth-order valence-electron chi connectivity index (χ4n) is 1.87. The van der Waals surface area contributed by atoms with Gasteiger partial charge in [-0.25, -0.2) is 9.97 Å². The Morgan fingerprint density at radius 3 is 2.05 bits per heavy atom. The molecule has 1 aromatic rings. The normalized spacial score (nSPS) is 11.0. The van der Waals surface area contributed by atoms with Crippen molar-refractivity contribution < 1.29 is 4.79 Å². The Kier molecular flexibility index (Phi) is 7.12. The van der Waals surface area contributed by atoms with Gasteiger partial charge >= 0.3 is 0 Å². The van der Waals surface area contributed by atoms with E-state index in [2.05, 4.69) is 43.0 Å². The van der Waals surface area contributed by atoms with E-state index in [4.69, 9.17) is 0 Å². The molecule has 0 aliphatic heterocycles. The van der Waals surface area contributed by atoms with Crippen LogP contribution in [0.25, 0.3) is 0 Å². The highest BCUT2D eigenvalue weighted by Crippen LogP contribution is 2.10. The van der Waals surface area contributed by atoms with Gasteiger partial charge < -0.3 is 10.2 Å². The maximum atomic E-state index is 12.6. The molecule has 1 aromatic heterocycles. The first-order valence-corrected chi connectivity index (χ1v) is 7.73. The van der Waals surface area contributed by atoms with Crippen LogP contribution in [-0.2, 0) is 0 Å². The van der Waals surface area contributed by atoms with Crippen molar-refractivity contribution in [3.63, 3.8) is 0 Å². The predicted octanol–water partition coefficient (Wildman–Crippen LogP) is 3.05. The lowest BCUT2D eigenvalue weighted by molar-refractivity contribution is 0.0734. The molecule has 0 bridgehead atoms. The number of hydrogen-bond acceptors (Lipinski definition) is 4. The Bertz CT molecular complexity index is 416. The van der Waals surface area contributed by atoms with Gasteiger partial charge in [0.05, 0.1) is 12.4 Å². The van der Waals surface area contributed by atoms with Gasteiger partial charge in [0.15, 0.2) is 0 Å². The van der Waals surface area contributed by atoms with E-state index in [9.17, 15) is 4.79 Å². The highest BCUT2D eigenvalue weighted by atomic mass is 16.2. The molecule has 5 heteroatoms. The van der Waals surface area contributed by atoms with E-state index in [0.29, 0.717) is 23.3 Å². The van der Waals surface area contributed by atoms with Crippen LogP contribution in [0, 0.1) is 11.8 Å². The monoisotopic (exact) mass is 292 g/mol. The van der Waals surface area contributed by atoms with Crippen LogP contribution in [0.2, 0.25) is 0 Å². The average Bonchev–Trinajstić information content (AvgIpc) is 2.46. The van der Waals surface area contributed by atoms with E-state index in [1.54, 1.807) is 19.4 Å². The van der Waals surface area contributed by atoms with Crippen LogP contribution < -0.4 is 5.32 Å². The van der Waals surface area contributed by atoms with Crippen LogP contribution in [0.3, 0.4) is 0 Å². The van der Waals surface area contributed by atoms with Crippen LogP contribution in [-0.4, -0.2) is 40.9 Å². The van der Waals surface area contributed by atoms with Crippen molar-refractivity contribution >= 4 is 11.7 Å². The molecule has 1 heterocycles. The van der Waals surface area contributed by atoms with E-state index >= 15 is 0 Å². The van der Waals surface area contributed by atoms with Gasteiger partial charge in [-0.1, -0.05) is 27.7 Å². The number of rotatable bonds is 8. The van der Waals surface area contributed by atoms with Gasteiger partial charge in [-0.05, 0) is 24.7 Å². The molecular weight excluding hydrogens is 264 g/mol. The Morgan fingerprint density at radius 1 is 1.10 bits per heavy atom. The van der Waals surface area contributed by atoms with Crippen LogP contribution in [0.5, 0.6) is 0 Å². The molecule has 118 valence electrons. The third-order valence-corrected chi connectivity index (χ3v) is 3.37. The fraction of sp³-hybridized carbons (Fsp3) is 0.688. The minimum absolute atomic E-state index is 0.0218. The summed E-state index contributed by atoms with van der Waals surface area (Å²) in [4.78, 5) is 22.9. The third-order valence-electron chi connectivity index (χ3n) is 3.37. The van der Waals surface area contributed by atoms with Crippen molar-refractivity contribution in [2.45, 2.75) is 40.5 Å². The summed E-state index contributed by atoms with van der Waals surface area (Å²) in [7, 11) is 1.78. The first-order valence-electron chi connectivity index (χ1n) is 7.73. The second-order valence-electron chi connectivity index (χ2n) is 6.19. The van der Waals surface area contributed by atoms with Crippen molar-refractivity contribution in [2.24, 2.45) is 11.8 Å². The summed E-state index contributed by atoms with van der Waals surface area (Å²) in [6.07, 6.45) is 5.15. The molecule has 21 heavy (non-hydrogen) atoms. The third kappa shape index (κ3) is 6.10. The second-order valence-corrected chi connectivity index (χ2v) is 6.19. The molecule has 0 saturated heterocycles. The Hall–Kier alpha value is -1.65. The van der Waals surface area contributed by atoms with Crippen LogP contribution >= 0.6 is 0 Å². The van der Waals surface area contributed by atoms with Crippen LogP contribution in [0.4, 0.5) is 5.82 Å².